The van der Waals surface area contributed by atoms with Gasteiger partial charge in [-0.15, -0.1) is 11.6 Å². The fraction of sp³-hybridized carbons (Fsp3) is 0.533. The van der Waals surface area contributed by atoms with Gasteiger partial charge in [-0.1, -0.05) is 24.3 Å². The maximum atomic E-state index is 12.5. The first-order valence-electron chi connectivity index (χ1n) is 6.69. The molecule has 0 saturated carbocycles. The Bertz CT molecular complexity index is 435. The third kappa shape index (κ3) is 2.14. The van der Waals surface area contributed by atoms with Crippen LogP contribution in [0.2, 0.25) is 0 Å². The summed E-state index contributed by atoms with van der Waals surface area (Å²) in [5.41, 5.74) is 2.70. The average molecular weight is 264 g/mol. The van der Waals surface area contributed by atoms with Crippen LogP contribution in [0.25, 0.3) is 0 Å². The smallest absolute Gasteiger partial charge is 0.226 e. The largest absolute Gasteiger partial charge is 0.342 e. The molecule has 1 atom stereocenters. The molecular formula is C15H18ClNO. The van der Waals surface area contributed by atoms with Gasteiger partial charge in [0.15, 0.2) is 0 Å². The van der Waals surface area contributed by atoms with Crippen molar-refractivity contribution >= 4 is 17.5 Å². The summed E-state index contributed by atoms with van der Waals surface area (Å²) < 4.78 is 0. The molecule has 96 valence electrons. The predicted molar refractivity (Wildman–Crippen MR) is 72.7 cm³/mol. The van der Waals surface area contributed by atoms with Crippen LogP contribution in [0.3, 0.4) is 0 Å². The number of amides is 1. The quantitative estimate of drug-likeness (QED) is 0.751. The molecule has 0 radical (unpaired) electrons. The van der Waals surface area contributed by atoms with E-state index in [1.165, 1.54) is 11.1 Å². The van der Waals surface area contributed by atoms with Gasteiger partial charge in [0.25, 0.3) is 0 Å². The molecule has 18 heavy (non-hydrogen) atoms. The monoisotopic (exact) mass is 263 g/mol. The van der Waals surface area contributed by atoms with Crippen LogP contribution in [0.1, 0.15) is 17.5 Å². The van der Waals surface area contributed by atoms with Crippen LogP contribution in [0.4, 0.5) is 0 Å². The Morgan fingerprint density at radius 3 is 2.50 bits per heavy atom. The number of carbonyl (C=O) groups is 1. The van der Waals surface area contributed by atoms with E-state index in [0.717, 1.165) is 32.4 Å². The van der Waals surface area contributed by atoms with Gasteiger partial charge in [-0.05, 0) is 36.3 Å². The molecule has 1 fully saturated rings. The Morgan fingerprint density at radius 1 is 1.28 bits per heavy atom. The molecule has 1 saturated heterocycles. The molecule has 0 N–H and O–H groups in total. The maximum absolute atomic E-state index is 12.5. The molecular weight excluding hydrogens is 246 g/mol. The maximum Gasteiger partial charge on any atom is 0.226 e. The van der Waals surface area contributed by atoms with Crippen LogP contribution in [0.5, 0.6) is 0 Å². The van der Waals surface area contributed by atoms with Gasteiger partial charge in [0.05, 0.1) is 0 Å². The van der Waals surface area contributed by atoms with Crippen LogP contribution in [-0.4, -0.2) is 29.8 Å². The highest BCUT2D eigenvalue weighted by Crippen LogP contribution is 2.29. The number of alkyl halides is 1. The first kappa shape index (κ1) is 12.0. The second-order valence-corrected chi connectivity index (χ2v) is 5.78. The van der Waals surface area contributed by atoms with E-state index in [9.17, 15) is 4.79 Å². The lowest BCUT2D eigenvalue weighted by molar-refractivity contribution is -0.134. The van der Waals surface area contributed by atoms with Crippen molar-refractivity contribution in [2.24, 2.45) is 11.8 Å². The van der Waals surface area contributed by atoms with Crippen molar-refractivity contribution in [3.8, 4) is 0 Å². The van der Waals surface area contributed by atoms with Crippen molar-refractivity contribution in [3.63, 3.8) is 0 Å². The summed E-state index contributed by atoms with van der Waals surface area (Å²) in [4.78, 5) is 14.5. The normalized spacial score (nSPS) is 23.4. The summed E-state index contributed by atoms with van der Waals surface area (Å²) in [6, 6.07) is 8.42. The minimum Gasteiger partial charge on any atom is -0.342 e. The first-order valence-corrected chi connectivity index (χ1v) is 7.23. The number of benzene rings is 1. The molecule has 1 amide bonds. The van der Waals surface area contributed by atoms with Gasteiger partial charge in [0.2, 0.25) is 5.91 Å². The number of hydrogen-bond donors (Lipinski definition) is 0. The zero-order chi connectivity index (χ0) is 12.5. The number of nitrogens with zero attached hydrogens (tertiary/aromatic N) is 1. The number of carbonyl (C=O) groups excluding carboxylic acids is 1. The lowest BCUT2D eigenvalue weighted by atomic mass is 10.1. The molecule has 3 heteroatoms. The van der Waals surface area contributed by atoms with Crippen LogP contribution < -0.4 is 0 Å². The number of halogens is 1. The summed E-state index contributed by atoms with van der Waals surface area (Å²) in [5.74, 6) is 1.67. The van der Waals surface area contributed by atoms with Gasteiger partial charge in [-0.3, -0.25) is 4.79 Å². The Morgan fingerprint density at radius 2 is 1.94 bits per heavy atom. The SMILES string of the molecule is O=C(C1Cc2ccccc2C1)N1CCC(CCl)C1. The van der Waals surface area contributed by atoms with Gasteiger partial charge in [-0.2, -0.15) is 0 Å². The number of fused-ring (bicyclic) bond motifs is 1. The van der Waals surface area contributed by atoms with Crippen molar-refractivity contribution in [3.05, 3.63) is 35.4 Å². The van der Waals surface area contributed by atoms with Crippen molar-refractivity contribution in [2.45, 2.75) is 19.3 Å². The highest BCUT2D eigenvalue weighted by Gasteiger charge is 2.33. The van der Waals surface area contributed by atoms with Crippen LogP contribution >= 0.6 is 11.6 Å². The zero-order valence-corrected chi connectivity index (χ0v) is 11.2. The minimum absolute atomic E-state index is 0.163. The molecule has 1 aliphatic heterocycles. The molecule has 0 aromatic heterocycles. The fourth-order valence-corrected chi connectivity index (χ4v) is 3.40. The van der Waals surface area contributed by atoms with Gasteiger partial charge in [0, 0.05) is 24.9 Å². The zero-order valence-electron chi connectivity index (χ0n) is 10.4. The lowest BCUT2D eigenvalue weighted by Gasteiger charge is -2.20. The fourth-order valence-electron chi connectivity index (χ4n) is 3.15. The van der Waals surface area contributed by atoms with Gasteiger partial charge >= 0.3 is 0 Å². The topological polar surface area (TPSA) is 20.3 Å². The van der Waals surface area contributed by atoms with Gasteiger partial charge in [0.1, 0.15) is 0 Å². The standard InChI is InChI=1S/C15H18ClNO/c16-9-11-5-6-17(10-11)15(18)14-7-12-3-1-2-4-13(12)8-14/h1-4,11,14H,5-10H2. The van der Waals surface area contributed by atoms with E-state index in [0.29, 0.717) is 17.7 Å². The van der Waals surface area contributed by atoms with Crippen molar-refractivity contribution < 1.29 is 4.79 Å². The molecule has 1 aromatic carbocycles. The first-order chi connectivity index (χ1) is 8.78. The second kappa shape index (κ2) is 4.93. The third-order valence-electron chi connectivity index (χ3n) is 4.22. The Kier molecular flexibility index (Phi) is 3.29. The highest BCUT2D eigenvalue weighted by molar-refractivity contribution is 6.18. The van der Waals surface area contributed by atoms with Crippen LogP contribution in [0, 0.1) is 11.8 Å². The molecule has 1 aliphatic carbocycles. The number of hydrogen-bond acceptors (Lipinski definition) is 1. The van der Waals surface area contributed by atoms with Crippen LogP contribution in [0.15, 0.2) is 24.3 Å². The third-order valence-corrected chi connectivity index (χ3v) is 4.65. The molecule has 1 heterocycles. The van der Waals surface area contributed by atoms with Gasteiger partial charge < -0.3 is 4.90 Å². The highest BCUT2D eigenvalue weighted by atomic mass is 35.5. The van der Waals surface area contributed by atoms with E-state index in [1.807, 2.05) is 4.90 Å². The van der Waals surface area contributed by atoms with E-state index in [4.69, 9.17) is 11.6 Å². The summed E-state index contributed by atoms with van der Waals surface area (Å²) >= 11 is 5.87. The summed E-state index contributed by atoms with van der Waals surface area (Å²) in [5, 5.41) is 0. The Labute approximate surface area is 113 Å². The number of rotatable bonds is 2. The van der Waals surface area contributed by atoms with Crippen molar-refractivity contribution in [2.75, 3.05) is 19.0 Å². The van der Waals surface area contributed by atoms with E-state index in [2.05, 4.69) is 24.3 Å². The van der Waals surface area contributed by atoms with Gasteiger partial charge in [-0.25, -0.2) is 0 Å². The van der Waals surface area contributed by atoms with E-state index in [1.54, 1.807) is 0 Å². The van der Waals surface area contributed by atoms with Crippen molar-refractivity contribution in [1.82, 2.24) is 4.90 Å². The molecule has 3 rings (SSSR count). The molecule has 2 aliphatic rings. The number of likely N-dealkylation sites (tertiary alicyclic amines) is 1. The van der Waals surface area contributed by atoms with Crippen LogP contribution in [-0.2, 0) is 17.6 Å². The summed E-state index contributed by atoms with van der Waals surface area (Å²) in [6.45, 7) is 1.75. The summed E-state index contributed by atoms with van der Waals surface area (Å²) in [7, 11) is 0. The van der Waals surface area contributed by atoms with E-state index in [-0.39, 0.29) is 5.92 Å². The molecule has 1 aromatic rings. The molecule has 0 spiro atoms. The van der Waals surface area contributed by atoms with Crippen molar-refractivity contribution in [1.29, 1.82) is 0 Å². The lowest BCUT2D eigenvalue weighted by Crippen LogP contribution is -2.35. The molecule has 2 nitrogen and oxygen atoms in total. The second-order valence-electron chi connectivity index (χ2n) is 5.47. The molecule has 0 bridgehead atoms. The Balaban J connectivity index is 1.66. The minimum atomic E-state index is 0.163. The Hall–Kier alpha value is -1.02. The molecule has 1 unspecified atom stereocenters. The summed E-state index contributed by atoms with van der Waals surface area (Å²) in [6.07, 6.45) is 2.89. The predicted octanol–water partition coefficient (Wildman–Crippen LogP) is 2.49. The van der Waals surface area contributed by atoms with E-state index < -0.39 is 0 Å². The average Bonchev–Trinajstić information content (AvgIpc) is 3.04. The van der Waals surface area contributed by atoms with E-state index >= 15 is 0 Å².